The highest BCUT2D eigenvalue weighted by Gasteiger charge is 2.10. The molecule has 0 aliphatic carbocycles. The lowest BCUT2D eigenvalue weighted by atomic mass is 10.3. The van der Waals surface area contributed by atoms with Crippen LogP contribution in [0.4, 0.5) is 5.82 Å². The van der Waals surface area contributed by atoms with Crippen molar-refractivity contribution < 1.29 is 9.32 Å². The van der Waals surface area contributed by atoms with Gasteiger partial charge in [0.1, 0.15) is 0 Å². The maximum absolute atomic E-state index is 11.1. The maximum atomic E-state index is 11.1. The minimum Gasteiger partial charge on any atom is -0.334 e. The number of nitrogens with zero attached hydrogens (tertiary/aromatic N) is 2. The smallest absolute Gasteiger partial charge is 0.259 e. The van der Waals surface area contributed by atoms with E-state index in [-0.39, 0.29) is 11.2 Å². The molecule has 5 nitrogen and oxygen atoms in total. The number of amides is 1. The first-order chi connectivity index (χ1) is 6.81. The Labute approximate surface area is 87.6 Å². The first-order valence-electron chi connectivity index (χ1n) is 3.87. The van der Waals surface area contributed by atoms with Gasteiger partial charge in [-0.2, -0.15) is 0 Å². The summed E-state index contributed by atoms with van der Waals surface area (Å²) in [5.74, 6) is 0.224. The summed E-state index contributed by atoms with van der Waals surface area (Å²) in [6.07, 6.45) is 1.60. The number of carbonyl (C=O) groups is 1. The van der Waals surface area contributed by atoms with Crippen LogP contribution >= 0.6 is 15.9 Å². The monoisotopic (exact) mass is 255 g/mol. The Bertz CT molecular complexity index is 468. The van der Waals surface area contributed by atoms with Crippen LogP contribution in [-0.2, 0) is 4.79 Å². The van der Waals surface area contributed by atoms with Gasteiger partial charge in [-0.15, -0.1) is 0 Å². The number of fused-ring (bicyclic) bond motifs is 1. The van der Waals surface area contributed by atoms with E-state index in [0.717, 1.165) is 0 Å². The highest BCUT2D eigenvalue weighted by molar-refractivity contribution is 9.09. The predicted octanol–water partition coefficient (Wildman–Crippen LogP) is 1.56. The van der Waals surface area contributed by atoms with Crippen molar-refractivity contribution in [1.82, 2.24) is 10.1 Å². The van der Waals surface area contributed by atoms with Crippen LogP contribution in [-0.4, -0.2) is 21.4 Å². The molecule has 0 aliphatic heterocycles. The summed E-state index contributed by atoms with van der Waals surface area (Å²) in [6, 6.07) is 3.53. The second kappa shape index (κ2) is 3.75. The van der Waals surface area contributed by atoms with E-state index in [0.29, 0.717) is 16.9 Å². The molecule has 6 heteroatoms. The number of aromatic nitrogens is 2. The molecule has 0 bridgehead atoms. The van der Waals surface area contributed by atoms with Gasteiger partial charge in [0.2, 0.25) is 5.91 Å². The average molecular weight is 256 g/mol. The molecule has 1 amide bonds. The molecule has 0 fully saturated rings. The zero-order valence-corrected chi connectivity index (χ0v) is 8.61. The minimum absolute atomic E-state index is 0.177. The number of carbonyl (C=O) groups excluding carboxylic acids is 1. The van der Waals surface area contributed by atoms with Gasteiger partial charge in [-0.3, -0.25) is 4.79 Å². The molecule has 0 atom stereocenters. The van der Waals surface area contributed by atoms with Crippen molar-refractivity contribution in [3.8, 4) is 0 Å². The summed E-state index contributed by atoms with van der Waals surface area (Å²) in [5.41, 5.74) is 0.414. The van der Waals surface area contributed by atoms with Crippen molar-refractivity contribution in [2.24, 2.45) is 0 Å². The van der Waals surface area contributed by atoms with Gasteiger partial charge in [0.15, 0.2) is 5.82 Å². The Morgan fingerprint density at radius 2 is 2.50 bits per heavy atom. The first-order valence-corrected chi connectivity index (χ1v) is 4.99. The van der Waals surface area contributed by atoms with Gasteiger partial charge in [0.05, 0.1) is 10.7 Å². The highest BCUT2D eigenvalue weighted by atomic mass is 79.9. The standard InChI is InChI=1S/C8H6BrN3O2/c9-4-6(13)11-7-5-2-1-3-10-8(5)14-12-7/h1-3H,4H2,(H,11,12,13). The normalized spacial score (nSPS) is 10.4. The molecule has 2 rings (SSSR count). The van der Waals surface area contributed by atoms with E-state index in [9.17, 15) is 4.79 Å². The van der Waals surface area contributed by atoms with E-state index in [1.54, 1.807) is 18.3 Å². The molecule has 1 N–H and O–H groups in total. The fraction of sp³-hybridized carbons (Fsp3) is 0.125. The van der Waals surface area contributed by atoms with Gasteiger partial charge in [0.25, 0.3) is 5.71 Å². The van der Waals surface area contributed by atoms with Crippen molar-refractivity contribution in [2.45, 2.75) is 0 Å². The molecule has 0 saturated heterocycles. The second-order valence-corrected chi connectivity index (χ2v) is 3.13. The van der Waals surface area contributed by atoms with Crippen molar-refractivity contribution in [3.63, 3.8) is 0 Å². The Balaban J connectivity index is 2.38. The van der Waals surface area contributed by atoms with E-state index < -0.39 is 0 Å². The van der Waals surface area contributed by atoms with E-state index in [1.165, 1.54) is 0 Å². The van der Waals surface area contributed by atoms with Crippen molar-refractivity contribution in [2.75, 3.05) is 10.6 Å². The quantitative estimate of drug-likeness (QED) is 0.828. The van der Waals surface area contributed by atoms with Crippen LogP contribution in [0.1, 0.15) is 0 Å². The Morgan fingerprint density at radius 3 is 3.29 bits per heavy atom. The van der Waals surface area contributed by atoms with Crippen molar-refractivity contribution in [3.05, 3.63) is 18.3 Å². The summed E-state index contributed by atoms with van der Waals surface area (Å²) in [7, 11) is 0. The van der Waals surface area contributed by atoms with Gasteiger partial charge in [-0.05, 0) is 12.1 Å². The number of rotatable bonds is 2. The van der Waals surface area contributed by atoms with Gasteiger partial charge in [-0.25, -0.2) is 4.98 Å². The van der Waals surface area contributed by atoms with Crippen LogP contribution in [0.15, 0.2) is 22.9 Å². The van der Waals surface area contributed by atoms with Gasteiger partial charge < -0.3 is 9.84 Å². The molecule has 0 aromatic carbocycles. The summed E-state index contributed by atoms with van der Waals surface area (Å²) in [5, 5.41) is 7.20. The lowest BCUT2D eigenvalue weighted by Gasteiger charge is -1.95. The summed E-state index contributed by atoms with van der Waals surface area (Å²) in [4.78, 5) is 15.0. The number of alkyl halides is 1. The Morgan fingerprint density at radius 1 is 1.64 bits per heavy atom. The minimum atomic E-state index is -0.177. The first kappa shape index (κ1) is 9.14. The SMILES string of the molecule is O=C(CBr)Nc1noc2ncccc12. The van der Waals surface area contributed by atoms with E-state index in [4.69, 9.17) is 4.52 Å². The molecule has 2 aromatic heterocycles. The number of nitrogens with one attached hydrogen (secondary N) is 1. The second-order valence-electron chi connectivity index (χ2n) is 2.57. The molecule has 0 aliphatic rings. The third kappa shape index (κ3) is 1.60. The van der Waals surface area contributed by atoms with Gasteiger partial charge in [0, 0.05) is 6.20 Å². The third-order valence-corrected chi connectivity index (χ3v) is 2.14. The molecule has 0 saturated carbocycles. The highest BCUT2D eigenvalue weighted by Crippen LogP contribution is 2.19. The van der Waals surface area contributed by atoms with E-state index >= 15 is 0 Å². The largest absolute Gasteiger partial charge is 0.334 e. The summed E-state index contributed by atoms with van der Waals surface area (Å²) >= 11 is 3.04. The number of halogens is 1. The predicted molar refractivity (Wildman–Crippen MR) is 54.2 cm³/mol. The van der Waals surface area contributed by atoms with Crippen LogP contribution in [0, 0.1) is 0 Å². The zero-order chi connectivity index (χ0) is 9.97. The topological polar surface area (TPSA) is 68.0 Å². The van der Waals surface area contributed by atoms with Crippen LogP contribution in [0.5, 0.6) is 0 Å². The van der Waals surface area contributed by atoms with Crippen LogP contribution in [0.25, 0.3) is 11.1 Å². The molecular weight excluding hydrogens is 250 g/mol. The summed E-state index contributed by atoms with van der Waals surface area (Å²) < 4.78 is 4.90. The molecule has 14 heavy (non-hydrogen) atoms. The van der Waals surface area contributed by atoms with Crippen LogP contribution in [0.3, 0.4) is 0 Å². The fourth-order valence-corrected chi connectivity index (χ4v) is 1.18. The molecule has 72 valence electrons. The van der Waals surface area contributed by atoms with E-state index in [2.05, 4.69) is 31.4 Å². The lowest BCUT2D eigenvalue weighted by Crippen LogP contribution is -2.12. The molecule has 2 aromatic rings. The van der Waals surface area contributed by atoms with Crippen molar-refractivity contribution in [1.29, 1.82) is 0 Å². The van der Waals surface area contributed by atoms with Gasteiger partial charge >= 0.3 is 0 Å². The molecule has 2 heterocycles. The Hall–Kier alpha value is -1.43. The lowest BCUT2D eigenvalue weighted by molar-refractivity contribution is -0.113. The average Bonchev–Trinajstić information content (AvgIpc) is 2.62. The van der Waals surface area contributed by atoms with Crippen LogP contribution in [0.2, 0.25) is 0 Å². The third-order valence-electron chi connectivity index (χ3n) is 1.63. The number of hydrogen-bond acceptors (Lipinski definition) is 4. The fourth-order valence-electron chi connectivity index (χ4n) is 1.04. The molecule has 0 unspecified atom stereocenters. The van der Waals surface area contributed by atoms with E-state index in [1.807, 2.05) is 0 Å². The zero-order valence-electron chi connectivity index (χ0n) is 7.03. The van der Waals surface area contributed by atoms with Crippen LogP contribution < -0.4 is 5.32 Å². The number of pyridine rings is 1. The number of hydrogen-bond donors (Lipinski definition) is 1. The molecule has 0 spiro atoms. The van der Waals surface area contributed by atoms with Crippen molar-refractivity contribution >= 4 is 38.8 Å². The Kier molecular flexibility index (Phi) is 2.45. The summed E-state index contributed by atoms with van der Waals surface area (Å²) in [6.45, 7) is 0. The van der Waals surface area contributed by atoms with Gasteiger partial charge in [-0.1, -0.05) is 21.1 Å². The number of anilines is 1. The maximum Gasteiger partial charge on any atom is 0.259 e. The molecular formula is C8H6BrN3O2. The molecule has 0 radical (unpaired) electrons.